The molecule has 0 saturated carbocycles. The summed E-state index contributed by atoms with van der Waals surface area (Å²) < 4.78 is 19.4. The third-order valence-electron chi connectivity index (χ3n) is 2.56. The maximum atomic E-state index is 13.3. The molecule has 19 heavy (non-hydrogen) atoms. The molecular weight excluding hydrogens is 333 g/mol. The highest BCUT2D eigenvalue weighted by Gasteiger charge is 2.09. The second-order valence-electron chi connectivity index (χ2n) is 5.61. The van der Waals surface area contributed by atoms with Crippen LogP contribution in [-0.4, -0.2) is 19.7 Å². The number of halogens is 3. The zero-order valence-electron chi connectivity index (χ0n) is 11.5. The molecule has 108 valence electrons. The van der Waals surface area contributed by atoms with Crippen LogP contribution in [0.25, 0.3) is 0 Å². The van der Waals surface area contributed by atoms with E-state index in [0.29, 0.717) is 22.2 Å². The van der Waals surface area contributed by atoms with Gasteiger partial charge in [0.15, 0.2) is 0 Å². The fourth-order valence-electron chi connectivity index (χ4n) is 1.44. The summed E-state index contributed by atoms with van der Waals surface area (Å²) in [5.74, 6) is 0.0000739. The number of ether oxygens (including phenoxy) is 1. The molecule has 0 radical (unpaired) electrons. The van der Waals surface area contributed by atoms with Gasteiger partial charge in [0.05, 0.1) is 9.50 Å². The lowest BCUT2D eigenvalue weighted by Gasteiger charge is -2.18. The minimum absolute atomic E-state index is 0.0857. The number of benzene rings is 1. The summed E-state index contributed by atoms with van der Waals surface area (Å²) in [5.41, 5.74) is 0.330. The maximum Gasteiger partial charge on any atom is 0.145 e. The lowest BCUT2D eigenvalue weighted by Crippen LogP contribution is -2.25. The Morgan fingerprint density at radius 2 is 2.00 bits per heavy atom. The fraction of sp³-hybridized carbons (Fsp3) is 0.571. The van der Waals surface area contributed by atoms with E-state index in [1.807, 2.05) is 0 Å². The van der Waals surface area contributed by atoms with Crippen molar-refractivity contribution < 1.29 is 9.13 Å². The highest BCUT2D eigenvalue weighted by Crippen LogP contribution is 2.30. The molecule has 0 heterocycles. The van der Waals surface area contributed by atoms with Gasteiger partial charge in [-0.15, -0.1) is 0 Å². The van der Waals surface area contributed by atoms with Crippen molar-refractivity contribution in [2.75, 3.05) is 19.7 Å². The van der Waals surface area contributed by atoms with Gasteiger partial charge in [0.1, 0.15) is 18.2 Å². The molecule has 0 spiro atoms. The minimum Gasteiger partial charge on any atom is -0.491 e. The molecule has 0 aliphatic heterocycles. The molecular formula is C14H20BrClFNO. The van der Waals surface area contributed by atoms with Gasteiger partial charge in [-0.1, -0.05) is 32.4 Å². The van der Waals surface area contributed by atoms with E-state index in [4.69, 9.17) is 16.3 Å². The van der Waals surface area contributed by atoms with Crippen LogP contribution in [0.2, 0.25) is 5.02 Å². The van der Waals surface area contributed by atoms with E-state index in [9.17, 15) is 4.39 Å². The molecule has 0 bridgehead atoms. The van der Waals surface area contributed by atoms with Gasteiger partial charge < -0.3 is 10.1 Å². The summed E-state index contributed by atoms with van der Waals surface area (Å²) in [7, 11) is 0. The van der Waals surface area contributed by atoms with E-state index in [-0.39, 0.29) is 5.02 Å². The molecule has 0 fully saturated rings. The molecule has 5 heteroatoms. The first-order valence-corrected chi connectivity index (χ1v) is 7.45. The van der Waals surface area contributed by atoms with Crippen LogP contribution in [0.5, 0.6) is 5.75 Å². The summed E-state index contributed by atoms with van der Waals surface area (Å²) in [6, 6.07) is 2.79. The van der Waals surface area contributed by atoms with Crippen molar-refractivity contribution in [2.45, 2.75) is 27.2 Å². The standard InChI is InChI=1S/C14H20BrClFNO/c1-14(2,3)4-5-18-6-7-19-13-9-12(17)11(16)8-10(13)15/h8-9,18H,4-7H2,1-3H3. The largest absolute Gasteiger partial charge is 0.491 e. The van der Waals surface area contributed by atoms with Gasteiger partial charge in [0, 0.05) is 12.6 Å². The SMILES string of the molecule is CC(C)(C)CCNCCOc1cc(F)c(Cl)cc1Br. The van der Waals surface area contributed by atoms with Crippen molar-refractivity contribution in [3.8, 4) is 5.75 Å². The van der Waals surface area contributed by atoms with Crippen molar-refractivity contribution in [3.05, 3.63) is 27.4 Å². The average molecular weight is 353 g/mol. The Morgan fingerprint density at radius 1 is 1.32 bits per heavy atom. The second kappa shape index (κ2) is 7.46. The molecule has 0 aliphatic carbocycles. The highest BCUT2D eigenvalue weighted by molar-refractivity contribution is 9.10. The van der Waals surface area contributed by atoms with Gasteiger partial charge in [-0.25, -0.2) is 4.39 Å². The molecule has 0 aromatic heterocycles. The molecule has 1 rings (SSSR count). The molecule has 0 aliphatic rings. The zero-order chi connectivity index (χ0) is 14.5. The number of hydrogen-bond donors (Lipinski definition) is 1. The summed E-state index contributed by atoms with van der Waals surface area (Å²) in [6.45, 7) is 8.79. The number of nitrogens with one attached hydrogen (secondary N) is 1. The predicted octanol–water partition coefficient (Wildman–Crippen LogP) is 4.65. The summed E-state index contributed by atoms with van der Waals surface area (Å²) in [5, 5.41) is 3.38. The first-order chi connectivity index (χ1) is 8.79. The van der Waals surface area contributed by atoms with Gasteiger partial charge >= 0.3 is 0 Å². The van der Waals surface area contributed by atoms with Crippen LogP contribution < -0.4 is 10.1 Å². The Bertz CT molecular complexity index is 421. The van der Waals surface area contributed by atoms with Crippen LogP contribution in [0.3, 0.4) is 0 Å². The summed E-state index contributed by atoms with van der Waals surface area (Å²) >= 11 is 8.95. The Morgan fingerprint density at radius 3 is 2.63 bits per heavy atom. The molecule has 0 atom stereocenters. The van der Waals surface area contributed by atoms with Gasteiger partial charge in [0.25, 0.3) is 0 Å². The van der Waals surface area contributed by atoms with Gasteiger partial charge in [-0.05, 0) is 40.4 Å². The third kappa shape index (κ3) is 6.59. The van der Waals surface area contributed by atoms with Crippen molar-refractivity contribution in [2.24, 2.45) is 5.41 Å². The molecule has 0 unspecified atom stereocenters. The highest BCUT2D eigenvalue weighted by atomic mass is 79.9. The van der Waals surface area contributed by atoms with E-state index in [0.717, 1.165) is 19.5 Å². The summed E-state index contributed by atoms with van der Waals surface area (Å²) in [4.78, 5) is 0. The Hall–Kier alpha value is -0.320. The molecule has 1 N–H and O–H groups in total. The van der Waals surface area contributed by atoms with Crippen molar-refractivity contribution in [1.29, 1.82) is 0 Å². The molecule has 1 aromatic rings. The first-order valence-electron chi connectivity index (χ1n) is 6.28. The van der Waals surface area contributed by atoms with Crippen LogP contribution in [0.4, 0.5) is 4.39 Å². The predicted molar refractivity (Wildman–Crippen MR) is 81.5 cm³/mol. The quantitative estimate of drug-likeness (QED) is 0.594. The molecule has 0 amide bonds. The summed E-state index contributed by atoms with van der Waals surface area (Å²) in [6.07, 6.45) is 1.10. The third-order valence-corrected chi connectivity index (χ3v) is 3.47. The normalized spacial score (nSPS) is 11.7. The minimum atomic E-state index is -0.472. The second-order valence-corrected chi connectivity index (χ2v) is 6.87. The Labute approximate surface area is 127 Å². The van der Waals surface area contributed by atoms with E-state index < -0.39 is 5.82 Å². The molecule has 0 saturated heterocycles. The van der Waals surface area contributed by atoms with Crippen LogP contribution in [0.15, 0.2) is 16.6 Å². The van der Waals surface area contributed by atoms with Gasteiger partial charge in [0.2, 0.25) is 0 Å². The Kier molecular flexibility index (Phi) is 6.57. The van der Waals surface area contributed by atoms with Crippen molar-refractivity contribution >= 4 is 27.5 Å². The number of rotatable bonds is 6. The van der Waals surface area contributed by atoms with Gasteiger partial charge in [-0.3, -0.25) is 0 Å². The van der Waals surface area contributed by atoms with Gasteiger partial charge in [-0.2, -0.15) is 0 Å². The van der Waals surface area contributed by atoms with Crippen molar-refractivity contribution in [3.63, 3.8) is 0 Å². The lowest BCUT2D eigenvalue weighted by atomic mass is 9.92. The average Bonchev–Trinajstić information content (AvgIpc) is 2.28. The first kappa shape index (κ1) is 16.7. The monoisotopic (exact) mass is 351 g/mol. The Balaban J connectivity index is 2.28. The maximum absolute atomic E-state index is 13.3. The van der Waals surface area contributed by atoms with E-state index >= 15 is 0 Å². The van der Waals surface area contributed by atoms with Crippen LogP contribution >= 0.6 is 27.5 Å². The van der Waals surface area contributed by atoms with E-state index in [1.54, 1.807) is 0 Å². The smallest absolute Gasteiger partial charge is 0.145 e. The topological polar surface area (TPSA) is 21.3 Å². The van der Waals surface area contributed by atoms with Crippen LogP contribution in [0.1, 0.15) is 27.2 Å². The van der Waals surface area contributed by atoms with Crippen molar-refractivity contribution in [1.82, 2.24) is 5.32 Å². The van der Waals surface area contributed by atoms with Crippen LogP contribution in [-0.2, 0) is 0 Å². The molecule has 1 aromatic carbocycles. The zero-order valence-corrected chi connectivity index (χ0v) is 13.9. The lowest BCUT2D eigenvalue weighted by molar-refractivity contribution is 0.301. The molecule has 2 nitrogen and oxygen atoms in total. The van der Waals surface area contributed by atoms with Crippen LogP contribution in [0, 0.1) is 11.2 Å². The van der Waals surface area contributed by atoms with E-state index in [2.05, 4.69) is 42.0 Å². The fourth-order valence-corrected chi connectivity index (χ4v) is 2.19. The number of hydrogen-bond acceptors (Lipinski definition) is 2. The van der Waals surface area contributed by atoms with E-state index in [1.165, 1.54) is 12.1 Å².